The molecular weight excluding hydrogens is 328 g/mol. The first-order chi connectivity index (χ1) is 12.5. The molecule has 0 spiro atoms. The van der Waals surface area contributed by atoms with E-state index in [1.165, 1.54) is 0 Å². The summed E-state index contributed by atoms with van der Waals surface area (Å²) in [6.07, 6.45) is 2.00. The molecule has 1 N–H and O–H groups in total. The minimum Gasteiger partial charge on any atom is -0.353 e. The van der Waals surface area contributed by atoms with E-state index in [4.69, 9.17) is 0 Å². The van der Waals surface area contributed by atoms with Gasteiger partial charge in [0.2, 0.25) is 11.8 Å². The van der Waals surface area contributed by atoms with Gasteiger partial charge in [0.1, 0.15) is 0 Å². The lowest BCUT2D eigenvalue weighted by Gasteiger charge is -2.38. The van der Waals surface area contributed by atoms with Gasteiger partial charge in [0.25, 0.3) is 0 Å². The van der Waals surface area contributed by atoms with Crippen molar-refractivity contribution < 1.29 is 9.59 Å². The summed E-state index contributed by atoms with van der Waals surface area (Å²) in [6, 6.07) is 9.81. The number of carbonyl (C=O) groups is 2. The molecule has 1 fully saturated rings. The quantitative estimate of drug-likeness (QED) is 0.889. The lowest BCUT2D eigenvalue weighted by Crippen LogP contribution is -2.58. The number of hydrogen-bond acceptors (Lipinski definition) is 4. The van der Waals surface area contributed by atoms with Gasteiger partial charge < -0.3 is 10.2 Å². The number of carbonyl (C=O) groups excluding carboxylic acids is 2. The molecule has 1 atom stereocenters. The topological polar surface area (TPSA) is 65.5 Å². The third-order valence-electron chi connectivity index (χ3n) is 4.90. The molecule has 2 aromatic rings. The Labute approximate surface area is 154 Å². The first kappa shape index (κ1) is 18.3. The van der Waals surface area contributed by atoms with Gasteiger partial charge >= 0.3 is 0 Å². The summed E-state index contributed by atoms with van der Waals surface area (Å²) in [5, 5.41) is 3.93. The fourth-order valence-electron chi connectivity index (χ4n) is 3.45. The Morgan fingerprint density at radius 2 is 2.15 bits per heavy atom. The number of rotatable bonds is 5. The smallest absolute Gasteiger partial charge is 0.237 e. The van der Waals surface area contributed by atoms with E-state index in [0.717, 1.165) is 23.0 Å². The normalized spacial score (nSPS) is 18.2. The Kier molecular flexibility index (Phi) is 5.52. The van der Waals surface area contributed by atoms with Gasteiger partial charge in [0.05, 0.1) is 18.0 Å². The Morgan fingerprint density at radius 3 is 2.92 bits per heavy atom. The second-order valence-corrected chi connectivity index (χ2v) is 7.13. The van der Waals surface area contributed by atoms with Crippen molar-refractivity contribution in [2.75, 3.05) is 20.1 Å². The molecule has 1 aliphatic heterocycles. The van der Waals surface area contributed by atoms with Gasteiger partial charge in [-0.2, -0.15) is 0 Å². The van der Waals surface area contributed by atoms with Crippen molar-refractivity contribution in [1.29, 1.82) is 0 Å². The highest BCUT2D eigenvalue weighted by molar-refractivity contribution is 5.89. The molecule has 138 valence electrons. The average molecular weight is 354 g/mol. The van der Waals surface area contributed by atoms with Crippen molar-refractivity contribution in [3.63, 3.8) is 0 Å². The second-order valence-electron chi connectivity index (χ2n) is 7.13. The Bertz CT molecular complexity index is 805. The molecule has 0 saturated carbocycles. The summed E-state index contributed by atoms with van der Waals surface area (Å²) < 4.78 is 0. The van der Waals surface area contributed by atoms with Crippen LogP contribution in [0.1, 0.15) is 25.8 Å². The zero-order chi connectivity index (χ0) is 18.7. The van der Waals surface area contributed by atoms with E-state index in [0.29, 0.717) is 13.1 Å². The van der Waals surface area contributed by atoms with E-state index in [1.54, 1.807) is 18.1 Å². The first-order valence-electron chi connectivity index (χ1n) is 9.07. The highest BCUT2D eigenvalue weighted by Crippen LogP contribution is 2.16. The zero-order valence-corrected chi connectivity index (χ0v) is 15.6. The molecule has 1 saturated heterocycles. The monoisotopic (exact) mass is 354 g/mol. The molecule has 3 rings (SSSR count). The number of pyridine rings is 1. The number of nitrogens with one attached hydrogen (secondary N) is 1. The largest absolute Gasteiger partial charge is 0.353 e. The van der Waals surface area contributed by atoms with Gasteiger partial charge in [-0.05, 0) is 31.5 Å². The fraction of sp³-hybridized carbons (Fsp3) is 0.450. The van der Waals surface area contributed by atoms with Crippen LogP contribution in [0, 0.1) is 0 Å². The summed E-state index contributed by atoms with van der Waals surface area (Å²) in [6.45, 7) is 6.01. The molecule has 0 radical (unpaired) electrons. The van der Waals surface area contributed by atoms with Crippen molar-refractivity contribution >= 4 is 22.7 Å². The van der Waals surface area contributed by atoms with Gasteiger partial charge in [-0.25, -0.2) is 0 Å². The number of fused-ring (bicyclic) bond motifs is 1. The lowest BCUT2D eigenvalue weighted by molar-refractivity contribution is -0.139. The number of hydrogen-bond donors (Lipinski definition) is 1. The van der Waals surface area contributed by atoms with Crippen molar-refractivity contribution in [3.8, 4) is 0 Å². The number of para-hydroxylation sites is 1. The van der Waals surface area contributed by atoms with E-state index in [9.17, 15) is 9.59 Å². The van der Waals surface area contributed by atoms with E-state index in [2.05, 4.69) is 35.1 Å². The van der Waals surface area contributed by atoms with Crippen LogP contribution in [0.3, 0.4) is 0 Å². The SMILES string of the molecule is CC(C)N1CCNC(=O)[C@@H]1CC(=O)N(C)Cc1cnc2ccccc2c1. The number of nitrogens with zero attached hydrogens (tertiary/aromatic N) is 3. The highest BCUT2D eigenvalue weighted by atomic mass is 16.2. The molecule has 6 heteroatoms. The molecule has 26 heavy (non-hydrogen) atoms. The van der Waals surface area contributed by atoms with E-state index < -0.39 is 6.04 Å². The Hall–Kier alpha value is -2.47. The van der Waals surface area contributed by atoms with Crippen LogP contribution in [-0.2, 0) is 16.1 Å². The van der Waals surface area contributed by atoms with Crippen LogP contribution in [0.2, 0.25) is 0 Å². The van der Waals surface area contributed by atoms with Crippen molar-refractivity contribution in [3.05, 3.63) is 42.1 Å². The van der Waals surface area contributed by atoms with Crippen molar-refractivity contribution in [2.45, 2.75) is 38.9 Å². The van der Waals surface area contributed by atoms with Crippen LogP contribution in [-0.4, -0.2) is 58.8 Å². The third-order valence-corrected chi connectivity index (χ3v) is 4.90. The van der Waals surface area contributed by atoms with Gasteiger partial charge in [-0.3, -0.25) is 19.5 Å². The maximum absolute atomic E-state index is 12.7. The van der Waals surface area contributed by atoms with E-state index >= 15 is 0 Å². The lowest BCUT2D eigenvalue weighted by atomic mass is 10.1. The molecule has 1 aromatic carbocycles. The van der Waals surface area contributed by atoms with E-state index in [1.807, 2.05) is 24.3 Å². The highest BCUT2D eigenvalue weighted by Gasteiger charge is 2.33. The van der Waals surface area contributed by atoms with E-state index in [-0.39, 0.29) is 24.3 Å². The number of aromatic nitrogens is 1. The van der Waals surface area contributed by atoms with Crippen LogP contribution in [0.25, 0.3) is 10.9 Å². The average Bonchev–Trinajstić information content (AvgIpc) is 2.63. The molecule has 1 aliphatic rings. The minimum absolute atomic E-state index is 0.0362. The standard InChI is InChI=1S/C20H26N4O2/c1-14(2)24-9-8-21-20(26)18(24)11-19(25)23(3)13-15-10-16-6-4-5-7-17(16)22-12-15/h4-7,10,12,14,18H,8-9,11,13H2,1-3H3,(H,21,26)/t18-/m0/s1. The zero-order valence-electron chi connectivity index (χ0n) is 15.6. The number of piperazine rings is 1. The number of amides is 2. The molecule has 0 aliphatic carbocycles. The Balaban J connectivity index is 1.67. The summed E-state index contributed by atoms with van der Waals surface area (Å²) in [5.41, 5.74) is 1.92. The number of benzene rings is 1. The molecule has 0 bridgehead atoms. The fourth-order valence-corrected chi connectivity index (χ4v) is 3.45. The maximum Gasteiger partial charge on any atom is 0.237 e. The summed E-state index contributed by atoms with van der Waals surface area (Å²) in [7, 11) is 1.78. The van der Waals surface area contributed by atoms with Gasteiger partial charge in [-0.15, -0.1) is 0 Å². The molecule has 2 heterocycles. The summed E-state index contributed by atoms with van der Waals surface area (Å²) in [5.74, 6) is -0.0927. The minimum atomic E-state index is -0.395. The van der Waals surface area contributed by atoms with Crippen molar-refractivity contribution in [2.24, 2.45) is 0 Å². The van der Waals surface area contributed by atoms with Crippen LogP contribution < -0.4 is 5.32 Å². The maximum atomic E-state index is 12.7. The van der Waals surface area contributed by atoms with Gasteiger partial charge in [0.15, 0.2) is 0 Å². The molecule has 2 amide bonds. The van der Waals surface area contributed by atoms with Crippen LogP contribution >= 0.6 is 0 Å². The molecule has 6 nitrogen and oxygen atoms in total. The molecule has 0 unspecified atom stereocenters. The van der Waals surface area contributed by atoms with Crippen LogP contribution in [0.15, 0.2) is 36.5 Å². The molecule has 1 aromatic heterocycles. The molecular formula is C20H26N4O2. The van der Waals surface area contributed by atoms with Crippen LogP contribution in [0.4, 0.5) is 0 Å². The van der Waals surface area contributed by atoms with Crippen LogP contribution in [0.5, 0.6) is 0 Å². The summed E-state index contributed by atoms with van der Waals surface area (Å²) >= 11 is 0. The Morgan fingerprint density at radius 1 is 1.38 bits per heavy atom. The second kappa shape index (κ2) is 7.83. The van der Waals surface area contributed by atoms with Gasteiger partial charge in [0, 0.05) is 44.3 Å². The third kappa shape index (κ3) is 4.02. The van der Waals surface area contributed by atoms with Crippen molar-refractivity contribution in [1.82, 2.24) is 20.1 Å². The predicted octanol–water partition coefficient (Wildman–Crippen LogP) is 1.79. The van der Waals surface area contributed by atoms with Gasteiger partial charge in [-0.1, -0.05) is 18.2 Å². The predicted molar refractivity (Wildman–Crippen MR) is 101 cm³/mol. The first-order valence-corrected chi connectivity index (χ1v) is 9.07. The summed E-state index contributed by atoms with van der Waals surface area (Å²) in [4.78, 5) is 33.1.